The number of nitrogens with zero attached hydrogens (tertiary/aromatic N) is 9. The first-order valence-corrected chi connectivity index (χ1v) is 21.8. The Labute approximate surface area is 376 Å². The Morgan fingerprint density at radius 2 is 0.738 bits per heavy atom. The molecule has 0 saturated carbocycles. The second kappa shape index (κ2) is 15.1. The molecule has 0 radical (unpaired) electrons. The first kappa shape index (κ1) is 38.3. The summed E-state index contributed by atoms with van der Waals surface area (Å²) in [7, 11) is 0. The molecule has 2 aliphatic rings. The summed E-state index contributed by atoms with van der Waals surface area (Å²) in [6, 6.07) is 52.7. The van der Waals surface area contributed by atoms with Crippen LogP contribution in [0.3, 0.4) is 0 Å². The van der Waals surface area contributed by atoms with Gasteiger partial charge < -0.3 is 0 Å². The van der Waals surface area contributed by atoms with Crippen LogP contribution in [0, 0.1) is 13.8 Å². The molecular formula is C56H39N9. The molecule has 1 atom stereocenters. The molecule has 308 valence electrons. The second-order valence-corrected chi connectivity index (χ2v) is 16.6. The smallest absolute Gasteiger partial charge is 0.182 e. The summed E-state index contributed by atoms with van der Waals surface area (Å²) in [6.45, 7) is 6.51. The number of fused-ring (bicyclic) bond motifs is 10. The van der Waals surface area contributed by atoms with E-state index in [0.29, 0.717) is 52.0 Å². The predicted molar refractivity (Wildman–Crippen MR) is 254 cm³/mol. The van der Waals surface area contributed by atoms with Crippen LogP contribution in [0.25, 0.3) is 91.0 Å². The third kappa shape index (κ3) is 6.19. The summed E-state index contributed by atoms with van der Waals surface area (Å²) < 4.78 is 0. The van der Waals surface area contributed by atoms with Crippen molar-refractivity contribution in [3.8, 4) is 91.0 Å². The molecule has 10 aromatic rings. The van der Waals surface area contributed by atoms with E-state index in [1.807, 2.05) is 60.7 Å². The second-order valence-electron chi connectivity index (χ2n) is 16.6. The fourth-order valence-electron chi connectivity index (χ4n) is 9.74. The molecule has 1 spiro atoms. The number of rotatable bonds is 7. The van der Waals surface area contributed by atoms with E-state index >= 15 is 0 Å². The number of pyridine rings is 3. The fraction of sp³-hybridized carbons (Fsp3) is 0.0893. The Kier molecular flexibility index (Phi) is 8.91. The van der Waals surface area contributed by atoms with Crippen molar-refractivity contribution in [2.24, 2.45) is 0 Å². The molecule has 12 rings (SSSR count). The molecule has 2 aliphatic carbocycles. The van der Waals surface area contributed by atoms with E-state index in [9.17, 15) is 0 Å². The molecule has 0 N–H and O–H groups in total. The summed E-state index contributed by atoms with van der Waals surface area (Å²) in [5.41, 5.74) is 17.0. The molecule has 5 heterocycles. The van der Waals surface area contributed by atoms with E-state index in [4.69, 9.17) is 29.9 Å². The Hall–Kier alpha value is -8.43. The van der Waals surface area contributed by atoms with E-state index in [-0.39, 0.29) is 0 Å². The maximum atomic E-state index is 5.25. The van der Waals surface area contributed by atoms with Gasteiger partial charge in [0.15, 0.2) is 34.9 Å². The van der Waals surface area contributed by atoms with Crippen molar-refractivity contribution in [3.63, 3.8) is 0 Å². The molecule has 0 amide bonds. The summed E-state index contributed by atoms with van der Waals surface area (Å²) in [5.74, 6) is 3.21. The van der Waals surface area contributed by atoms with Crippen LogP contribution in [-0.4, -0.2) is 44.9 Å². The highest BCUT2D eigenvalue weighted by molar-refractivity contribution is 5.97. The van der Waals surface area contributed by atoms with E-state index < -0.39 is 5.41 Å². The average molecular weight is 838 g/mol. The Morgan fingerprint density at radius 1 is 0.354 bits per heavy atom. The zero-order valence-electron chi connectivity index (χ0n) is 35.9. The van der Waals surface area contributed by atoms with E-state index in [2.05, 4.69) is 127 Å². The first-order chi connectivity index (χ1) is 32.0. The lowest BCUT2D eigenvalue weighted by molar-refractivity contribution is 0.791. The third-order valence-electron chi connectivity index (χ3n) is 12.7. The Bertz CT molecular complexity index is 3430. The minimum absolute atomic E-state index is 0.477. The molecule has 65 heavy (non-hydrogen) atoms. The van der Waals surface area contributed by atoms with Crippen LogP contribution in [0.2, 0.25) is 0 Å². The van der Waals surface area contributed by atoms with Gasteiger partial charge in [-0.3, -0.25) is 15.0 Å². The SMILES string of the molecule is CCc1ccccc1-c1nc(-c2ccc3c(c2)C2(c4cc(C)ccc4-c4ccc(-c5nc(-c6ccccn6)nc(-c6ccccn6)n5)cc42)c2cc(C)ccc2-3)nc(-c2ccccn2)n1. The normalized spacial score (nSPS) is 14.2. The summed E-state index contributed by atoms with van der Waals surface area (Å²) in [5, 5.41) is 0. The van der Waals surface area contributed by atoms with Crippen LogP contribution < -0.4 is 0 Å². The number of hydrogen-bond donors (Lipinski definition) is 0. The van der Waals surface area contributed by atoms with Crippen molar-refractivity contribution >= 4 is 0 Å². The average Bonchev–Trinajstić information content (AvgIpc) is 3.82. The van der Waals surface area contributed by atoms with Crippen LogP contribution >= 0.6 is 0 Å². The predicted octanol–water partition coefficient (Wildman–Crippen LogP) is 11.8. The van der Waals surface area contributed by atoms with Gasteiger partial charge in [-0.15, -0.1) is 0 Å². The van der Waals surface area contributed by atoms with E-state index in [1.54, 1.807) is 18.6 Å². The van der Waals surface area contributed by atoms with Gasteiger partial charge in [0.1, 0.15) is 17.1 Å². The molecule has 9 nitrogen and oxygen atoms in total. The number of aromatic nitrogens is 9. The molecule has 0 saturated heterocycles. The van der Waals surface area contributed by atoms with E-state index in [1.165, 1.54) is 38.9 Å². The largest absolute Gasteiger partial charge is 0.253 e. The van der Waals surface area contributed by atoms with Crippen molar-refractivity contribution in [2.45, 2.75) is 32.6 Å². The topological polar surface area (TPSA) is 116 Å². The van der Waals surface area contributed by atoms with Crippen molar-refractivity contribution in [1.82, 2.24) is 44.9 Å². The van der Waals surface area contributed by atoms with Gasteiger partial charge in [0, 0.05) is 35.3 Å². The van der Waals surface area contributed by atoms with Crippen LogP contribution in [0.5, 0.6) is 0 Å². The lowest BCUT2D eigenvalue weighted by atomic mass is 9.69. The number of benzene rings is 5. The van der Waals surface area contributed by atoms with Gasteiger partial charge in [-0.25, -0.2) is 29.9 Å². The van der Waals surface area contributed by atoms with Crippen molar-refractivity contribution in [3.05, 3.63) is 209 Å². The monoisotopic (exact) mass is 837 g/mol. The molecule has 1 unspecified atom stereocenters. The number of hydrogen-bond acceptors (Lipinski definition) is 9. The van der Waals surface area contributed by atoms with Crippen molar-refractivity contribution in [1.29, 1.82) is 0 Å². The summed E-state index contributed by atoms with van der Waals surface area (Å²) in [4.78, 5) is 44.5. The van der Waals surface area contributed by atoms with Gasteiger partial charge in [-0.2, -0.15) is 0 Å². The third-order valence-corrected chi connectivity index (χ3v) is 12.7. The van der Waals surface area contributed by atoms with Gasteiger partial charge in [0.05, 0.1) is 5.41 Å². The maximum absolute atomic E-state index is 5.25. The quantitative estimate of drug-likeness (QED) is 0.155. The number of aryl methyl sites for hydroxylation is 3. The highest BCUT2D eigenvalue weighted by Gasteiger charge is 2.52. The first-order valence-electron chi connectivity index (χ1n) is 21.8. The molecular weight excluding hydrogens is 799 g/mol. The minimum Gasteiger partial charge on any atom is -0.253 e. The highest BCUT2D eigenvalue weighted by Crippen LogP contribution is 2.63. The highest BCUT2D eigenvalue weighted by atomic mass is 15.1. The molecule has 5 aromatic carbocycles. The van der Waals surface area contributed by atoms with Crippen LogP contribution in [0.1, 0.15) is 45.9 Å². The molecule has 0 bridgehead atoms. The Balaban J connectivity index is 1.11. The zero-order chi connectivity index (χ0) is 43.6. The van der Waals surface area contributed by atoms with Crippen LogP contribution in [0.4, 0.5) is 0 Å². The molecule has 0 fully saturated rings. The molecule has 9 heteroatoms. The fourth-order valence-corrected chi connectivity index (χ4v) is 9.74. The van der Waals surface area contributed by atoms with Crippen molar-refractivity contribution < 1.29 is 0 Å². The van der Waals surface area contributed by atoms with Gasteiger partial charge in [-0.05, 0) is 119 Å². The van der Waals surface area contributed by atoms with Gasteiger partial charge in [0.25, 0.3) is 0 Å². The lowest BCUT2D eigenvalue weighted by Crippen LogP contribution is -2.26. The van der Waals surface area contributed by atoms with Crippen LogP contribution in [0.15, 0.2) is 170 Å². The summed E-state index contributed by atoms with van der Waals surface area (Å²) in [6.07, 6.45) is 6.13. The standard InChI is InChI=1S/C56H39N9/c1-4-35-13-5-6-14-38(35)52-60-50(61-53(64-52)47-15-7-10-26-57-47)36-20-24-41-39-22-18-33(2)29-43(39)56(45(41)31-36)44-30-34(3)19-23-40(44)42-25-21-37(32-46(42)56)51-62-54(48-16-8-11-27-58-48)65-55(63-51)49-17-9-12-28-59-49/h5-32H,4H2,1-3H3. The molecule has 0 aliphatic heterocycles. The maximum Gasteiger partial charge on any atom is 0.182 e. The van der Waals surface area contributed by atoms with E-state index in [0.717, 1.165) is 45.4 Å². The van der Waals surface area contributed by atoms with Gasteiger partial charge >= 0.3 is 0 Å². The molecule has 5 aromatic heterocycles. The zero-order valence-corrected chi connectivity index (χ0v) is 35.9. The van der Waals surface area contributed by atoms with Gasteiger partial charge in [-0.1, -0.05) is 121 Å². The van der Waals surface area contributed by atoms with Crippen LogP contribution in [-0.2, 0) is 11.8 Å². The minimum atomic E-state index is -0.700. The lowest BCUT2D eigenvalue weighted by Gasteiger charge is -2.31. The Morgan fingerprint density at radius 3 is 1.18 bits per heavy atom. The van der Waals surface area contributed by atoms with Crippen molar-refractivity contribution in [2.75, 3.05) is 0 Å². The summed E-state index contributed by atoms with van der Waals surface area (Å²) >= 11 is 0. The van der Waals surface area contributed by atoms with Gasteiger partial charge in [0.2, 0.25) is 0 Å².